The SMILES string of the molecule is CN1CCN(S(=O)(=O)c2cnn3c2CNCC3)c2ccc(Cl)cc21. The van der Waals surface area contributed by atoms with E-state index in [2.05, 4.69) is 10.4 Å². The van der Waals surface area contributed by atoms with Crippen molar-refractivity contribution in [2.24, 2.45) is 0 Å². The molecule has 1 aromatic heterocycles. The highest BCUT2D eigenvalue weighted by Gasteiger charge is 2.34. The van der Waals surface area contributed by atoms with Crippen LogP contribution in [-0.2, 0) is 23.1 Å². The molecule has 0 fully saturated rings. The lowest BCUT2D eigenvalue weighted by Crippen LogP contribution is -2.43. The Balaban J connectivity index is 1.81. The number of benzene rings is 1. The molecule has 0 atom stereocenters. The lowest BCUT2D eigenvalue weighted by Gasteiger charge is -2.36. The normalized spacial score (nSPS) is 17.6. The van der Waals surface area contributed by atoms with Crippen molar-refractivity contribution in [3.05, 3.63) is 35.1 Å². The van der Waals surface area contributed by atoms with Gasteiger partial charge in [-0.25, -0.2) is 8.42 Å². The molecule has 0 aliphatic carbocycles. The number of fused-ring (bicyclic) bond motifs is 2. The topological polar surface area (TPSA) is 70.5 Å². The molecule has 1 N–H and O–H groups in total. The fourth-order valence-electron chi connectivity index (χ4n) is 3.24. The minimum absolute atomic E-state index is 0.278. The minimum Gasteiger partial charge on any atom is -0.371 e. The maximum Gasteiger partial charge on any atom is 0.267 e. The summed E-state index contributed by atoms with van der Waals surface area (Å²) in [6.45, 7) is 2.99. The third kappa shape index (κ3) is 2.37. The lowest BCUT2D eigenvalue weighted by molar-refractivity contribution is 0.470. The molecule has 3 heterocycles. The van der Waals surface area contributed by atoms with Crippen molar-refractivity contribution in [2.75, 3.05) is 35.9 Å². The van der Waals surface area contributed by atoms with E-state index in [1.165, 1.54) is 10.5 Å². The molecule has 4 rings (SSSR count). The molecule has 0 radical (unpaired) electrons. The van der Waals surface area contributed by atoms with Gasteiger partial charge in [0, 0.05) is 31.7 Å². The summed E-state index contributed by atoms with van der Waals surface area (Å²) in [6.07, 6.45) is 1.46. The first-order valence-electron chi connectivity index (χ1n) is 7.77. The molecule has 7 nitrogen and oxygen atoms in total. The van der Waals surface area contributed by atoms with Crippen LogP contribution >= 0.6 is 11.6 Å². The Kier molecular flexibility index (Phi) is 3.70. The summed E-state index contributed by atoms with van der Waals surface area (Å²) >= 11 is 6.08. The monoisotopic (exact) mass is 367 g/mol. The van der Waals surface area contributed by atoms with Crippen molar-refractivity contribution in [1.29, 1.82) is 0 Å². The summed E-state index contributed by atoms with van der Waals surface area (Å²) in [5.41, 5.74) is 2.18. The molecule has 2 aromatic rings. The van der Waals surface area contributed by atoms with Gasteiger partial charge in [0.05, 0.1) is 36.4 Å². The summed E-state index contributed by atoms with van der Waals surface area (Å²) in [5.74, 6) is 0. The molecular weight excluding hydrogens is 350 g/mol. The Hall–Kier alpha value is -1.77. The van der Waals surface area contributed by atoms with Gasteiger partial charge in [0.2, 0.25) is 0 Å². The van der Waals surface area contributed by atoms with Crippen molar-refractivity contribution >= 4 is 33.0 Å². The molecule has 0 spiro atoms. The van der Waals surface area contributed by atoms with Gasteiger partial charge in [-0.05, 0) is 18.2 Å². The number of sulfonamides is 1. The highest BCUT2D eigenvalue weighted by atomic mass is 35.5. The molecule has 0 saturated carbocycles. The molecule has 0 amide bonds. The predicted molar refractivity (Wildman–Crippen MR) is 93.2 cm³/mol. The Morgan fingerprint density at radius 3 is 2.88 bits per heavy atom. The minimum atomic E-state index is -3.67. The Morgan fingerprint density at radius 1 is 1.21 bits per heavy atom. The Morgan fingerprint density at radius 2 is 2.04 bits per heavy atom. The van der Waals surface area contributed by atoms with Crippen LogP contribution in [0.25, 0.3) is 0 Å². The second-order valence-corrected chi connectivity index (χ2v) is 8.25. The molecule has 0 bridgehead atoms. The molecule has 24 heavy (non-hydrogen) atoms. The molecule has 9 heteroatoms. The van der Waals surface area contributed by atoms with Gasteiger partial charge >= 0.3 is 0 Å². The quantitative estimate of drug-likeness (QED) is 0.866. The summed E-state index contributed by atoms with van der Waals surface area (Å²) in [5, 5.41) is 8.04. The average Bonchev–Trinajstić information content (AvgIpc) is 3.00. The number of likely N-dealkylation sites (N-methyl/N-ethyl adjacent to an activating group) is 1. The summed E-state index contributed by atoms with van der Waals surface area (Å²) < 4.78 is 29.8. The number of hydrogen-bond donors (Lipinski definition) is 1. The van der Waals surface area contributed by atoms with Crippen LogP contribution in [0.3, 0.4) is 0 Å². The second-order valence-electron chi connectivity index (χ2n) is 5.99. The molecular formula is C15H18ClN5O2S. The number of halogens is 1. The van der Waals surface area contributed by atoms with E-state index in [1.807, 2.05) is 11.9 Å². The summed E-state index contributed by atoms with van der Waals surface area (Å²) in [4.78, 5) is 2.29. The van der Waals surface area contributed by atoms with Crippen molar-refractivity contribution in [3.63, 3.8) is 0 Å². The van der Waals surface area contributed by atoms with Crippen molar-refractivity contribution in [1.82, 2.24) is 15.1 Å². The number of nitrogens with one attached hydrogen (secondary N) is 1. The number of aromatic nitrogens is 2. The smallest absolute Gasteiger partial charge is 0.267 e. The molecule has 2 aliphatic rings. The Bertz CT molecular complexity index is 895. The third-order valence-corrected chi connectivity index (χ3v) is 6.62. The summed E-state index contributed by atoms with van der Waals surface area (Å²) in [7, 11) is -1.73. The second kappa shape index (κ2) is 5.65. The number of hydrogen-bond acceptors (Lipinski definition) is 5. The van der Waals surface area contributed by atoms with Crippen molar-refractivity contribution < 1.29 is 8.42 Å². The summed E-state index contributed by atoms with van der Waals surface area (Å²) in [6, 6.07) is 5.28. The Labute approximate surface area is 145 Å². The molecule has 0 saturated heterocycles. The van der Waals surface area contributed by atoms with Crippen molar-refractivity contribution in [3.8, 4) is 0 Å². The van der Waals surface area contributed by atoms with E-state index in [0.717, 1.165) is 17.9 Å². The van der Waals surface area contributed by atoms with E-state index in [0.29, 0.717) is 36.9 Å². The van der Waals surface area contributed by atoms with Crippen LogP contribution in [0.2, 0.25) is 5.02 Å². The first kappa shape index (κ1) is 15.7. The maximum absolute atomic E-state index is 13.3. The fourth-order valence-corrected chi connectivity index (χ4v) is 5.03. The van der Waals surface area contributed by atoms with Gasteiger partial charge in [-0.3, -0.25) is 8.99 Å². The zero-order chi connectivity index (χ0) is 16.9. The first-order chi connectivity index (χ1) is 11.5. The maximum atomic E-state index is 13.3. The highest BCUT2D eigenvalue weighted by molar-refractivity contribution is 7.92. The fraction of sp³-hybridized carbons (Fsp3) is 0.400. The largest absolute Gasteiger partial charge is 0.371 e. The van der Waals surface area contributed by atoms with Crippen LogP contribution in [-0.4, -0.2) is 44.9 Å². The average molecular weight is 368 g/mol. The molecule has 128 valence electrons. The number of nitrogens with zero attached hydrogens (tertiary/aromatic N) is 4. The lowest BCUT2D eigenvalue weighted by atomic mass is 10.2. The van der Waals surface area contributed by atoms with Gasteiger partial charge in [0.25, 0.3) is 10.0 Å². The van der Waals surface area contributed by atoms with E-state index in [-0.39, 0.29) is 4.90 Å². The molecule has 2 aliphatic heterocycles. The van der Waals surface area contributed by atoms with Gasteiger partial charge in [-0.15, -0.1) is 0 Å². The highest BCUT2D eigenvalue weighted by Crippen LogP contribution is 2.38. The van der Waals surface area contributed by atoms with Gasteiger partial charge in [0.1, 0.15) is 4.90 Å². The van der Waals surface area contributed by atoms with Gasteiger partial charge in [-0.2, -0.15) is 5.10 Å². The van der Waals surface area contributed by atoms with E-state index in [9.17, 15) is 8.42 Å². The zero-order valence-electron chi connectivity index (χ0n) is 13.2. The van der Waals surface area contributed by atoms with E-state index in [1.54, 1.807) is 22.9 Å². The van der Waals surface area contributed by atoms with Crippen molar-refractivity contribution in [2.45, 2.75) is 18.0 Å². The van der Waals surface area contributed by atoms with E-state index in [4.69, 9.17) is 11.6 Å². The van der Waals surface area contributed by atoms with Crippen LogP contribution in [0.15, 0.2) is 29.3 Å². The van der Waals surface area contributed by atoms with Crippen LogP contribution < -0.4 is 14.5 Å². The molecule has 1 aromatic carbocycles. The number of anilines is 2. The standard InChI is InChI=1S/C15H18ClN5O2S/c1-19-6-7-21(12-3-2-11(16)8-13(12)19)24(22,23)15-10-18-20-5-4-17-9-14(15)20/h2-3,8,10,17H,4-7,9H2,1H3. The number of rotatable bonds is 2. The van der Waals surface area contributed by atoms with Gasteiger partial charge < -0.3 is 10.2 Å². The van der Waals surface area contributed by atoms with Gasteiger partial charge in [-0.1, -0.05) is 11.6 Å². The van der Waals surface area contributed by atoms with Gasteiger partial charge in [0.15, 0.2) is 0 Å². The first-order valence-corrected chi connectivity index (χ1v) is 9.59. The van der Waals surface area contributed by atoms with E-state index >= 15 is 0 Å². The van der Waals surface area contributed by atoms with Crippen LogP contribution in [0.1, 0.15) is 5.69 Å². The predicted octanol–water partition coefficient (Wildman–Crippen LogP) is 1.28. The van der Waals surface area contributed by atoms with Crippen LogP contribution in [0.5, 0.6) is 0 Å². The third-order valence-electron chi connectivity index (χ3n) is 4.53. The zero-order valence-corrected chi connectivity index (χ0v) is 14.8. The van der Waals surface area contributed by atoms with E-state index < -0.39 is 10.0 Å². The molecule has 0 unspecified atom stereocenters. The van der Waals surface area contributed by atoms with Crippen LogP contribution in [0.4, 0.5) is 11.4 Å². The van der Waals surface area contributed by atoms with Crippen LogP contribution in [0, 0.1) is 0 Å².